The molecular formula is C6H8F3N3O2. The molecule has 0 spiro atoms. The number of nitrogens with zero attached hydrogens (tertiary/aromatic N) is 2. The molecule has 8 heteroatoms. The van der Waals surface area contributed by atoms with Gasteiger partial charge in [0.05, 0.1) is 0 Å². The number of halogens is 3. The molecule has 14 heavy (non-hydrogen) atoms. The zero-order chi connectivity index (χ0) is 10.8. The minimum atomic E-state index is -4.39. The Kier molecular flexibility index (Phi) is 3.06. The predicted molar refractivity (Wildman–Crippen MR) is 38.1 cm³/mol. The third-order valence-electron chi connectivity index (χ3n) is 1.35. The highest BCUT2D eigenvalue weighted by Gasteiger charge is 2.31. The SMILES string of the molecule is NCC(O)c1nc(CC(F)(F)F)no1. The molecule has 0 aliphatic rings. The van der Waals surface area contributed by atoms with Gasteiger partial charge in [-0.25, -0.2) is 0 Å². The molecule has 0 aliphatic carbocycles. The molecule has 1 heterocycles. The maximum atomic E-state index is 11.8. The fourth-order valence-corrected chi connectivity index (χ4v) is 0.755. The Bertz CT molecular complexity index is 299. The van der Waals surface area contributed by atoms with Crippen molar-refractivity contribution in [3.05, 3.63) is 11.7 Å². The Morgan fingerprint density at radius 1 is 1.50 bits per heavy atom. The summed E-state index contributed by atoms with van der Waals surface area (Å²) in [6.45, 7) is -0.187. The highest BCUT2D eigenvalue weighted by atomic mass is 19.4. The number of rotatable bonds is 3. The van der Waals surface area contributed by atoms with E-state index >= 15 is 0 Å². The monoisotopic (exact) mass is 211 g/mol. The number of alkyl halides is 3. The summed E-state index contributed by atoms with van der Waals surface area (Å²) in [4.78, 5) is 3.34. The maximum Gasteiger partial charge on any atom is 0.396 e. The molecule has 0 bridgehead atoms. The van der Waals surface area contributed by atoms with Crippen molar-refractivity contribution < 1.29 is 22.8 Å². The van der Waals surface area contributed by atoms with Gasteiger partial charge in [0.25, 0.3) is 5.89 Å². The molecule has 1 atom stereocenters. The molecule has 0 radical (unpaired) electrons. The summed E-state index contributed by atoms with van der Waals surface area (Å²) in [5.74, 6) is -0.813. The Hall–Kier alpha value is -1.15. The fraction of sp³-hybridized carbons (Fsp3) is 0.667. The van der Waals surface area contributed by atoms with Gasteiger partial charge in [0, 0.05) is 6.54 Å². The summed E-state index contributed by atoms with van der Waals surface area (Å²) in [5.41, 5.74) is 5.04. The van der Waals surface area contributed by atoms with Crippen molar-refractivity contribution in [2.24, 2.45) is 5.73 Å². The highest BCUT2D eigenvalue weighted by molar-refractivity contribution is 4.91. The zero-order valence-electron chi connectivity index (χ0n) is 6.95. The van der Waals surface area contributed by atoms with E-state index in [4.69, 9.17) is 10.8 Å². The minimum absolute atomic E-state index is 0.187. The van der Waals surface area contributed by atoms with Gasteiger partial charge in [-0.3, -0.25) is 0 Å². The quantitative estimate of drug-likeness (QED) is 0.744. The first-order valence-electron chi connectivity index (χ1n) is 3.69. The van der Waals surface area contributed by atoms with Gasteiger partial charge in [0.15, 0.2) is 5.82 Å². The summed E-state index contributed by atoms with van der Waals surface area (Å²) in [6, 6.07) is 0. The molecule has 1 aromatic rings. The van der Waals surface area contributed by atoms with Gasteiger partial charge in [-0.1, -0.05) is 5.16 Å². The van der Waals surface area contributed by atoms with E-state index < -0.39 is 24.5 Å². The standard InChI is InChI=1S/C6H8F3N3O2/c7-6(8,9)1-4-11-5(14-12-4)3(13)2-10/h3,13H,1-2,10H2. The van der Waals surface area contributed by atoms with Crippen LogP contribution in [0.25, 0.3) is 0 Å². The summed E-state index contributed by atoms with van der Waals surface area (Å²) in [5, 5.41) is 12.1. The van der Waals surface area contributed by atoms with Gasteiger partial charge in [-0.2, -0.15) is 18.2 Å². The molecule has 1 aromatic heterocycles. The topological polar surface area (TPSA) is 85.2 Å². The lowest BCUT2D eigenvalue weighted by atomic mass is 10.3. The van der Waals surface area contributed by atoms with Crippen LogP contribution < -0.4 is 5.73 Å². The van der Waals surface area contributed by atoms with E-state index in [9.17, 15) is 13.2 Å². The lowest BCUT2D eigenvalue weighted by Gasteiger charge is -2.00. The first-order valence-corrected chi connectivity index (χ1v) is 3.69. The number of aliphatic hydroxyl groups excluding tert-OH is 1. The second kappa shape index (κ2) is 3.93. The second-order valence-corrected chi connectivity index (χ2v) is 2.59. The van der Waals surface area contributed by atoms with Gasteiger partial charge in [-0.15, -0.1) is 0 Å². The number of aliphatic hydroxyl groups is 1. The molecule has 0 amide bonds. The van der Waals surface area contributed by atoms with Crippen LogP contribution in [0.5, 0.6) is 0 Å². The smallest absolute Gasteiger partial charge is 0.382 e. The van der Waals surface area contributed by atoms with Crippen LogP contribution in [-0.2, 0) is 6.42 Å². The van der Waals surface area contributed by atoms with Gasteiger partial charge in [0.1, 0.15) is 12.5 Å². The molecule has 0 aromatic carbocycles. The van der Waals surface area contributed by atoms with E-state index in [1.54, 1.807) is 0 Å². The van der Waals surface area contributed by atoms with Crippen LogP contribution in [0.2, 0.25) is 0 Å². The lowest BCUT2D eigenvalue weighted by molar-refractivity contribution is -0.128. The second-order valence-electron chi connectivity index (χ2n) is 2.59. The summed E-state index contributed by atoms with van der Waals surface area (Å²) in [6.07, 6.45) is -6.90. The van der Waals surface area contributed by atoms with Crippen LogP contribution >= 0.6 is 0 Å². The van der Waals surface area contributed by atoms with Crippen molar-refractivity contribution in [3.63, 3.8) is 0 Å². The van der Waals surface area contributed by atoms with Gasteiger partial charge in [-0.05, 0) is 0 Å². The number of nitrogens with two attached hydrogens (primary N) is 1. The van der Waals surface area contributed by atoms with Gasteiger partial charge in [0.2, 0.25) is 0 Å². The predicted octanol–water partition coefficient (Wildman–Crippen LogP) is 0.167. The molecule has 0 fully saturated rings. The lowest BCUT2D eigenvalue weighted by Crippen LogP contribution is -2.14. The molecular weight excluding hydrogens is 203 g/mol. The normalized spacial score (nSPS) is 14.4. The summed E-state index contributed by atoms with van der Waals surface area (Å²) in [7, 11) is 0. The van der Waals surface area contributed by atoms with E-state index in [1.807, 2.05) is 0 Å². The van der Waals surface area contributed by atoms with Crippen molar-refractivity contribution in [1.82, 2.24) is 10.1 Å². The molecule has 1 rings (SSSR count). The zero-order valence-corrected chi connectivity index (χ0v) is 6.95. The van der Waals surface area contributed by atoms with Crippen LogP contribution in [0, 0.1) is 0 Å². The Morgan fingerprint density at radius 3 is 2.64 bits per heavy atom. The third-order valence-corrected chi connectivity index (χ3v) is 1.35. The highest BCUT2D eigenvalue weighted by Crippen LogP contribution is 2.20. The maximum absolute atomic E-state index is 11.8. The number of hydrogen-bond acceptors (Lipinski definition) is 5. The third kappa shape index (κ3) is 2.96. The molecule has 0 saturated heterocycles. The molecule has 3 N–H and O–H groups in total. The number of hydrogen-bond donors (Lipinski definition) is 2. The van der Waals surface area contributed by atoms with E-state index in [-0.39, 0.29) is 12.4 Å². The van der Waals surface area contributed by atoms with E-state index in [2.05, 4.69) is 14.7 Å². The van der Waals surface area contributed by atoms with Crippen molar-refractivity contribution in [3.8, 4) is 0 Å². The van der Waals surface area contributed by atoms with Crippen LogP contribution in [0.1, 0.15) is 17.8 Å². The molecule has 1 unspecified atom stereocenters. The summed E-state index contributed by atoms with van der Waals surface area (Å²) >= 11 is 0. The van der Waals surface area contributed by atoms with Crippen molar-refractivity contribution in [2.75, 3.05) is 6.54 Å². The van der Waals surface area contributed by atoms with Crippen molar-refractivity contribution in [1.29, 1.82) is 0 Å². The molecule has 0 saturated carbocycles. The average molecular weight is 211 g/mol. The molecule has 5 nitrogen and oxygen atoms in total. The Balaban J connectivity index is 2.69. The first-order chi connectivity index (χ1) is 6.42. The summed E-state index contributed by atoms with van der Waals surface area (Å²) < 4.78 is 39.8. The van der Waals surface area contributed by atoms with Gasteiger partial charge >= 0.3 is 6.18 Å². The van der Waals surface area contributed by atoms with Crippen LogP contribution in [0.4, 0.5) is 13.2 Å². The van der Waals surface area contributed by atoms with E-state index in [1.165, 1.54) is 0 Å². The fourth-order valence-electron chi connectivity index (χ4n) is 0.755. The largest absolute Gasteiger partial charge is 0.396 e. The Morgan fingerprint density at radius 2 is 2.14 bits per heavy atom. The molecule has 80 valence electrons. The van der Waals surface area contributed by atoms with Crippen molar-refractivity contribution in [2.45, 2.75) is 18.7 Å². The van der Waals surface area contributed by atoms with Crippen LogP contribution in [-0.4, -0.2) is 28.0 Å². The molecule has 0 aliphatic heterocycles. The Labute approximate surface area is 76.7 Å². The average Bonchev–Trinajstić information content (AvgIpc) is 2.48. The number of aromatic nitrogens is 2. The van der Waals surface area contributed by atoms with Gasteiger partial charge < -0.3 is 15.4 Å². The van der Waals surface area contributed by atoms with Crippen LogP contribution in [0.3, 0.4) is 0 Å². The van der Waals surface area contributed by atoms with Crippen LogP contribution in [0.15, 0.2) is 4.52 Å². The van der Waals surface area contributed by atoms with E-state index in [0.29, 0.717) is 0 Å². The first kappa shape index (κ1) is 10.9. The van der Waals surface area contributed by atoms with E-state index in [0.717, 1.165) is 0 Å². The minimum Gasteiger partial charge on any atom is -0.382 e. The van der Waals surface area contributed by atoms with Crippen molar-refractivity contribution >= 4 is 0 Å².